The van der Waals surface area contributed by atoms with E-state index in [1.54, 1.807) is 12.4 Å². The van der Waals surface area contributed by atoms with E-state index in [0.717, 1.165) is 18.8 Å². The first-order valence-electron chi connectivity index (χ1n) is 5.24. The lowest BCUT2D eigenvalue weighted by Gasteiger charge is -2.20. The Hall–Kier alpha value is -1.45. The Morgan fingerprint density at radius 3 is 2.53 bits per heavy atom. The van der Waals surface area contributed by atoms with Crippen LogP contribution in [0.15, 0.2) is 12.4 Å². The second-order valence-corrected chi connectivity index (χ2v) is 4.28. The summed E-state index contributed by atoms with van der Waals surface area (Å²) < 4.78 is 0. The Bertz CT molecular complexity index is 349. The van der Waals surface area contributed by atoms with Gasteiger partial charge in [0.1, 0.15) is 0 Å². The number of hydrogen-bond acceptors (Lipinski definition) is 4. The van der Waals surface area contributed by atoms with Gasteiger partial charge in [0, 0.05) is 25.0 Å². The van der Waals surface area contributed by atoms with Gasteiger partial charge in [-0.3, -0.25) is 4.79 Å². The fourth-order valence-electron chi connectivity index (χ4n) is 2.12. The van der Waals surface area contributed by atoms with Gasteiger partial charge in [-0.15, -0.1) is 0 Å². The van der Waals surface area contributed by atoms with Crippen LogP contribution >= 0.6 is 0 Å². The molecule has 4 heteroatoms. The molecule has 80 valence electrons. The van der Waals surface area contributed by atoms with Gasteiger partial charge in [-0.25, -0.2) is 9.97 Å². The third kappa shape index (κ3) is 1.98. The standard InChI is InChI=1S/C11H15N3O/c1-8-3-9(2)14(6-8)11-12-4-10(7-15)5-13-11/h4-5,7-9H,3,6H2,1-2H3. The first-order chi connectivity index (χ1) is 7.20. The Morgan fingerprint density at radius 1 is 1.40 bits per heavy atom. The van der Waals surface area contributed by atoms with E-state index in [1.807, 2.05) is 0 Å². The Labute approximate surface area is 89.3 Å². The van der Waals surface area contributed by atoms with E-state index < -0.39 is 0 Å². The van der Waals surface area contributed by atoms with Gasteiger partial charge in [-0.1, -0.05) is 6.92 Å². The van der Waals surface area contributed by atoms with E-state index >= 15 is 0 Å². The maximum Gasteiger partial charge on any atom is 0.225 e. The predicted molar refractivity (Wildman–Crippen MR) is 58.0 cm³/mol. The molecule has 0 N–H and O–H groups in total. The van der Waals surface area contributed by atoms with Crippen LogP contribution in [-0.4, -0.2) is 28.8 Å². The van der Waals surface area contributed by atoms with Crippen LogP contribution in [0.2, 0.25) is 0 Å². The van der Waals surface area contributed by atoms with Crippen molar-refractivity contribution in [3.63, 3.8) is 0 Å². The lowest BCUT2D eigenvalue weighted by Crippen LogP contribution is -2.28. The van der Waals surface area contributed by atoms with E-state index in [2.05, 4.69) is 28.7 Å². The van der Waals surface area contributed by atoms with Crippen molar-refractivity contribution in [1.82, 2.24) is 9.97 Å². The molecule has 0 saturated carbocycles. The molecule has 2 rings (SSSR count). The van der Waals surface area contributed by atoms with Crippen LogP contribution in [0.3, 0.4) is 0 Å². The van der Waals surface area contributed by atoms with Crippen LogP contribution in [0.5, 0.6) is 0 Å². The highest BCUT2D eigenvalue weighted by Crippen LogP contribution is 2.25. The number of aromatic nitrogens is 2. The van der Waals surface area contributed by atoms with Gasteiger partial charge in [0.15, 0.2) is 6.29 Å². The van der Waals surface area contributed by atoms with E-state index in [-0.39, 0.29) is 0 Å². The lowest BCUT2D eigenvalue weighted by molar-refractivity contribution is 0.112. The minimum atomic E-state index is 0.488. The Balaban J connectivity index is 2.18. The zero-order valence-electron chi connectivity index (χ0n) is 9.05. The van der Waals surface area contributed by atoms with Crippen LogP contribution in [0.1, 0.15) is 30.6 Å². The highest BCUT2D eigenvalue weighted by molar-refractivity contribution is 5.73. The summed E-state index contributed by atoms with van der Waals surface area (Å²) in [7, 11) is 0. The van der Waals surface area contributed by atoms with Gasteiger partial charge in [-0.2, -0.15) is 0 Å². The Kier molecular flexibility index (Phi) is 2.66. The van der Waals surface area contributed by atoms with Gasteiger partial charge in [0.2, 0.25) is 5.95 Å². The summed E-state index contributed by atoms with van der Waals surface area (Å²) in [5, 5.41) is 0. The largest absolute Gasteiger partial charge is 0.338 e. The Morgan fingerprint density at radius 2 is 2.07 bits per heavy atom. The lowest BCUT2D eigenvalue weighted by atomic mass is 10.1. The number of carbonyl (C=O) groups excluding carboxylic acids is 1. The van der Waals surface area contributed by atoms with Crippen molar-refractivity contribution in [3.05, 3.63) is 18.0 Å². The van der Waals surface area contributed by atoms with E-state index in [4.69, 9.17) is 0 Å². The van der Waals surface area contributed by atoms with E-state index in [1.165, 1.54) is 6.42 Å². The molecule has 1 aromatic heterocycles. The topological polar surface area (TPSA) is 46.1 Å². The molecular weight excluding hydrogens is 190 g/mol. The van der Waals surface area contributed by atoms with Gasteiger partial charge in [0.05, 0.1) is 5.56 Å². The number of hydrogen-bond donors (Lipinski definition) is 0. The van der Waals surface area contributed by atoms with Crippen LogP contribution in [0.25, 0.3) is 0 Å². The highest BCUT2D eigenvalue weighted by atomic mass is 16.1. The second kappa shape index (κ2) is 3.96. The van der Waals surface area contributed by atoms with Crippen LogP contribution < -0.4 is 4.90 Å². The first-order valence-corrected chi connectivity index (χ1v) is 5.24. The third-order valence-corrected chi connectivity index (χ3v) is 2.84. The minimum Gasteiger partial charge on any atom is -0.338 e. The van der Waals surface area contributed by atoms with Crippen molar-refractivity contribution >= 4 is 12.2 Å². The summed E-state index contributed by atoms with van der Waals surface area (Å²) >= 11 is 0. The average molecular weight is 205 g/mol. The third-order valence-electron chi connectivity index (χ3n) is 2.84. The molecule has 0 spiro atoms. The molecule has 1 aromatic rings. The number of anilines is 1. The quantitative estimate of drug-likeness (QED) is 0.687. The number of carbonyl (C=O) groups is 1. The molecule has 1 aliphatic rings. The van der Waals surface area contributed by atoms with Gasteiger partial charge >= 0.3 is 0 Å². The molecule has 1 aliphatic heterocycles. The molecule has 2 heterocycles. The van der Waals surface area contributed by atoms with Crippen molar-refractivity contribution in [3.8, 4) is 0 Å². The molecular formula is C11H15N3O. The summed E-state index contributed by atoms with van der Waals surface area (Å²) in [6.45, 7) is 5.42. The molecule has 2 atom stereocenters. The molecule has 0 bridgehead atoms. The first kappa shape index (κ1) is 10.1. The maximum absolute atomic E-state index is 10.5. The SMILES string of the molecule is CC1CC(C)N(c2ncc(C=O)cn2)C1. The normalized spacial score (nSPS) is 25.6. The molecule has 1 fully saturated rings. The summed E-state index contributed by atoms with van der Waals surface area (Å²) in [5.41, 5.74) is 0.527. The van der Waals surface area contributed by atoms with Crippen molar-refractivity contribution in [2.45, 2.75) is 26.3 Å². The van der Waals surface area contributed by atoms with E-state index in [0.29, 0.717) is 17.5 Å². The molecule has 2 unspecified atom stereocenters. The van der Waals surface area contributed by atoms with Crippen LogP contribution in [0, 0.1) is 5.92 Å². The molecule has 0 amide bonds. The summed E-state index contributed by atoms with van der Waals surface area (Å²) in [5.74, 6) is 1.42. The van der Waals surface area contributed by atoms with Gasteiger partial charge in [0.25, 0.3) is 0 Å². The molecule has 0 aliphatic carbocycles. The monoisotopic (exact) mass is 205 g/mol. The molecule has 0 aromatic carbocycles. The van der Waals surface area contributed by atoms with E-state index in [9.17, 15) is 4.79 Å². The average Bonchev–Trinajstić information content (AvgIpc) is 2.58. The van der Waals surface area contributed by atoms with Gasteiger partial charge < -0.3 is 4.90 Å². The molecule has 15 heavy (non-hydrogen) atoms. The highest BCUT2D eigenvalue weighted by Gasteiger charge is 2.27. The zero-order chi connectivity index (χ0) is 10.8. The minimum absolute atomic E-state index is 0.488. The number of rotatable bonds is 2. The van der Waals surface area contributed by atoms with Crippen LogP contribution in [-0.2, 0) is 0 Å². The smallest absolute Gasteiger partial charge is 0.225 e. The summed E-state index contributed by atoms with van der Waals surface area (Å²) in [4.78, 5) is 21.1. The zero-order valence-corrected chi connectivity index (χ0v) is 9.05. The fraction of sp³-hybridized carbons (Fsp3) is 0.545. The van der Waals surface area contributed by atoms with Crippen molar-refractivity contribution in [2.75, 3.05) is 11.4 Å². The summed E-state index contributed by atoms with van der Waals surface area (Å²) in [6, 6.07) is 0.488. The van der Waals surface area contributed by atoms with Gasteiger partial charge in [-0.05, 0) is 19.3 Å². The second-order valence-electron chi connectivity index (χ2n) is 4.28. The van der Waals surface area contributed by atoms with Crippen molar-refractivity contribution < 1.29 is 4.79 Å². The molecule has 1 saturated heterocycles. The molecule has 0 radical (unpaired) electrons. The fourth-order valence-corrected chi connectivity index (χ4v) is 2.12. The molecule has 4 nitrogen and oxygen atoms in total. The predicted octanol–water partition coefficient (Wildman–Crippen LogP) is 1.52. The summed E-state index contributed by atoms with van der Waals surface area (Å²) in [6.07, 6.45) is 5.09. The van der Waals surface area contributed by atoms with Crippen molar-refractivity contribution in [1.29, 1.82) is 0 Å². The number of aldehydes is 1. The number of nitrogens with zero attached hydrogens (tertiary/aromatic N) is 3. The maximum atomic E-state index is 10.5. The van der Waals surface area contributed by atoms with Crippen LogP contribution in [0.4, 0.5) is 5.95 Å². The van der Waals surface area contributed by atoms with Crippen molar-refractivity contribution in [2.24, 2.45) is 5.92 Å².